The van der Waals surface area contributed by atoms with Gasteiger partial charge in [-0.15, -0.1) is 0 Å². The van der Waals surface area contributed by atoms with Crippen LogP contribution in [0.2, 0.25) is 0 Å². The number of aromatic nitrogens is 2. The summed E-state index contributed by atoms with van der Waals surface area (Å²) in [5.74, 6) is 0.0280. The molecule has 128 valence electrons. The van der Waals surface area contributed by atoms with E-state index in [1.807, 2.05) is 35.1 Å². The lowest BCUT2D eigenvalue weighted by Gasteiger charge is -2.28. The summed E-state index contributed by atoms with van der Waals surface area (Å²) in [6.45, 7) is 3.18. The largest absolute Gasteiger partial charge is 0.393 e. The van der Waals surface area contributed by atoms with Gasteiger partial charge in [-0.1, -0.05) is 24.3 Å². The first kappa shape index (κ1) is 16.7. The first-order chi connectivity index (χ1) is 11.7. The van der Waals surface area contributed by atoms with Crippen LogP contribution >= 0.6 is 0 Å². The molecule has 1 aliphatic heterocycles. The lowest BCUT2D eigenvalue weighted by Crippen LogP contribution is -2.42. The van der Waals surface area contributed by atoms with Gasteiger partial charge >= 0.3 is 0 Å². The van der Waals surface area contributed by atoms with E-state index in [4.69, 9.17) is 0 Å². The topological polar surface area (TPSA) is 70.4 Å². The molecule has 0 atom stereocenters. The zero-order valence-corrected chi connectivity index (χ0v) is 13.8. The molecule has 0 bridgehead atoms. The van der Waals surface area contributed by atoms with Crippen LogP contribution in [0.25, 0.3) is 0 Å². The Balaban J connectivity index is 1.51. The number of amides is 1. The summed E-state index contributed by atoms with van der Waals surface area (Å²) in [6.07, 6.45) is 4.98. The molecular formula is C18H24N4O2. The second-order valence-corrected chi connectivity index (χ2v) is 6.26. The fourth-order valence-corrected chi connectivity index (χ4v) is 2.98. The summed E-state index contributed by atoms with van der Waals surface area (Å²) in [4.78, 5) is 14.3. The molecule has 0 spiro atoms. The Morgan fingerprint density at radius 3 is 2.67 bits per heavy atom. The van der Waals surface area contributed by atoms with Crippen LogP contribution in [0.4, 0.5) is 0 Å². The maximum atomic E-state index is 12.2. The number of carbonyl (C=O) groups excluding carboxylic acids is 1. The molecule has 1 amide bonds. The highest BCUT2D eigenvalue weighted by Gasteiger charge is 2.18. The molecule has 0 radical (unpaired) electrons. The molecule has 1 aromatic heterocycles. The van der Waals surface area contributed by atoms with Gasteiger partial charge in [-0.25, -0.2) is 0 Å². The Morgan fingerprint density at radius 2 is 1.96 bits per heavy atom. The summed E-state index contributed by atoms with van der Waals surface area (Å²) in [5, 5.41) is 16.8. The summed E-state index contributed by atoms with van der Waals surface area (Å²) < 4.78 is 1.87. The first-order valence-electron chi connectivity index (χ1n) is 8.42. The number of aliphatic hydroxyl groups excluding tert-OH is 1. The van der Waals surface area contributed by atoms with Crippen LogP contribution in [0, 0.1) is 0 Å². The number of piperidine rings is 1. The van der Waals surface area contributed by atoms with Gasteiger partial charge in [0.15, 0.2) is 0 Å². The third-order valence-electron chi connectivity index (χ3n) is 4.41. The van der Waals surface area contributed by atoms with Gasteiger partial charge in [-0.3, -0.25) is 14.4 Å². The summed E-state index contributed by atoms with van der Waals surface area (Å²) in [5.41, 5.74) is 2.26. The van der Waals surface area contributed by atoms with Crippen molar-refractivity contribution in [2.45, 2.75) is 32.0 Å². The van der Waals surface area contributed by atoms with Crippen molar-refractivity contribution in [3.8, 4) is 0 Å². The minimum absolute atomic E-state index is 0.0280. The molecule has 6 heteroatoms. The second-order valence-electron chi connectivity index (χ2n) is 6.26. The molecule has 1 saturated heterocycles. The standard InChI is InChI=1S/C18H24N4O2/c23-17-6-10-21(11-7-17)14-18(24)19-12-15-4-1-2-5-16(15)13-22-9-3-8-20-22/h1-5,8-9,17,23H,6-7,10-14H2,(H,19,24). The van der Waals surface area contributed by atoms with Crippen molar-refractivity contribution in [3.63, 3.8) is 0 Å². The number of rotatable bonds is 6. The smallest absolute Gasteiger partial charge is 0.234 e. The van der Waals surface area contributed by atoms with E-state index in [1.165, 1.54) is 0 Å². The molecule has 2 heterocycles. The number of nitrogens with zero attached hydrogens (tertiary/aromatic N) is 3. The minimum atomic E-state index is -0.210. The van der Waals surface area contributed by atoms with E-state index < -0.39 is 0 Å². The first-order valence-corrected chi connectivity index (χ1v) is 8.42. The molecule has 1 aromatic carbocycles. The number of carbonyl (C=O) groups is 1. The van der Waals surface area contributed by atoms with Gasteiger partial charge in [0.2, 0.25) is 5.91 Å². The van der Waals surface area contributed by atoms with Gasteiger partial charge < -0.3 is 10.4 Å². The molecular weight excluding hydrogens is 304 g/mol. The van der Waals surface area contributed by atoms with Crippen LogP contribution in [0.1, 0.15) is 24.0 Å². The van der Waals surface area contributed by atoms with Gasteiger partial charge in [-0.2, -0.15) is 5.10 Å². The van der Waals surface area contributed by atoms with Crippen molar-refractivity contribution >= 4 is 5.91 Å². The summed E-state index contributed by atoms with van der Waals surface area (Å²) in [6, 6.07) is 9.99. The molecule has 1 aliphatic rings. The van der Waals surface area contributed by atoms with Crippen LogP contribution in [-0.4, -0.2) is 51.4 Å². The lowest BCUT2D eigenvalue weighted by atomic mass is 10.1. The van der Waals surface area contributed by atoms with E-state index >= 15 is 0 Å². The normalized spacial score (nSPS) is 16.2. The summed E-state index contributed by atoms with van der Waals surface area (Å²) >= 11 is 0. The number of nitrogens with one attached hydrogen (secondary N) is 1. The molecule has 24 heavy (non-hydrogen) atoms. The molecule has 3 rings (SSSR count). The van der Waals surface area contributed by atoms with E-state index in [0.717, 1.165) is 37.1 Å². The number of aliphatic hydroxyl groups is 1. The number of benzene rings is 1. The lowest BCUT2D eigenvalue weighted by molar-refractivity contribution is -0.122. The minimum Gasteiger partial charge on any atom is -0.393 e. The number of hydrogen-bond acceptors (Lipinski definition) is 4. The third-order valence-corrected chi connectivity index (χ3v) is 4.41. The van der Waals surface area contributed by atoms with Crippen molar-refractivity contribution in [1.29, 1.82) is 0 Å². The predicted octanol–water partition coefficient (Wildman–Crippen LogP) is 1.00. The second kappa shape index (κ2) is 8.08. The fraction of sp³-hybridized carbons (Fsp3) is 0.444. The van der Waals surface area contributed by atoms with Gasteiger partial charge in [0.05, 0.1) is 19.2 Å². The highest BCUT2D eigenvalue weighted by atomic mass is 16.3. The zero-order valence-electron chi connectivity index (χ0n) is 13.8. The average molecular weight is 328 g/mol. The monoisotopic (exact) mass is 328 g/mol. The van der Waals surface area contributed by atoms with Crippen molar-refractivity contribution in [3.05, 3.63) is 53.9 Å². The fourth-order valence-electron chi connectivity index (χ4n) is 2.98. The third kappa shape index (κ3) is 4.66. The highest BCUT2D eigenvalue weighted by molar-refractivity contribution is 5.78. The van der Waals surface area contributed by atoms with Gasteiger partial charge in [0.25, 0.3) is 0 Å². The SMILES string of the molecule is O=C(CN1CCC(O)CC1)NCc1ccccc1Cn1cccn1. The Morgan fingerprint density at radius 1 is 1.21 bits per heavy atom. The Bertz CT molecular complexity index is 649. The molecule has 1 fully saturated rings. The Kier molecular flexibility index (Phi) is 5.61. The number of likely N-dealkylation sites (tertiary alicyclic amines) is 1. The summed E-state index contributed by atoms with van der Waals surface area (Å²) in [7, 11) is 0. The van der Waals surface area contributed by atoms with E-state index in [0.29, 0.717) is 19.6 Å². The maximum absolute atomic E-state index is 12.2. The molecule has 2 aromatic rings. The van der Waals surface area contributed by atoms with E-state index in [9.17, 15) is 9.90 Å². The molecule has 2 N–H and O–H groups in total. The van der Waals surface area contributed by atoms with Crippen LogP contribution in [0.3, 0.4) is 0 Å². The van der Waals surface area contributed by atoms with Crippen LogP contribution in [0.15, 0.2) is 42.7 Å². The van der Waals surface area contributed by atoms with Crippen molar-refractivity contribution in [2.75, 3.05) is 19.6 Å². The Hall–Kier alpha value is -2.18. The van der Waals surface area contributed by atoms with Gasteiger partial charge in [-0.05, 0) is 30.0 Å². The molecule has 0 aliphatic carbocycles. The van der Waals surface area contributed by atoms with Gasteiger partial charge in [0, 0.05) is 32.0 Å². The van der Waals surface area contributed by atoms with Crippen LogP contribution < -0.4 is 5.32 Å². The highest BCUT2D eigenvalue weighted by Crippen LogP contribution is 2.11. The predicted molar refractivity (Wildman–Crippen MR) is 91.3 cm³/mol. The van der Waals surface area contributed by atoms with Crippen LogP contribution in [-0.2, 0) is 17.9 Å². The Labute approximate surface area is 142 Å². The maximum Gasteiger partial charge on any atom is 0.234 e. The van der Waals surface area contributed by atoms with Gasteiger partial charge in [0.1, 0.15) is 0 Å². The van der Waals surface area contributed by atoms with E-state index in [1.54, 1.807) is 6.20 Å². The van der Waals surface area contributed by atoms with Crippen molar-refractivity contribution in [1.82, 2.24) is 20.0 Å². The number of hydrogen-bond donors (Lipinski definition) is 2. The molecule has 6 nitrogen and oxygen atoms in total. The molecule has 0 saturated carbocycles. The van der Waals surface area contributed by atoms with E-state index in [-0.39, 0.29) is 12.0 Å². The van der Waals surface area contributed by atoms with E-state index in [2.05, 4.69) is 21.4 Å². The van der Waals surface area contributed by atoms with Crippen LogP contribution in [0.5, 0.6) is 0 Å². The van der Waals surface area contributed by atoms with Crippen molar-refractivity contribution in [2.24, 2.45) is 0 Å². The average Bonchev–Trinajstić information content (AvgIpc) is 3.09. The zero-order chi connectivity index (χ0) is 16.8. The molecule has 0 unspecified atom stereocenters. The van der Waals surface area contributed by atoms with Crippen molar-refractivity contribution < 1.29 is 9.90 Å². The quantitative estimate of drug-likeness (QED) is 0.830.